The van der Waals surface area contributed by atoms with Crippen LogP contribution in [-0.4, -0.2) is 12.2 Å². The highest BCUT2D eigenvalue weighted by Gasteiger charge is 2.24. The van der Waals surface area contributed by atoms with Crippen molar-refractivity contribution >= 4 is 12.2 Å². The maximum Gasteiger partial charge on any atom is 0.331 e. The topological polar surface area (TPSA) is 38.7 Å². The lowest BCUT2D eigenvalue weighted by Gasteiger charge is -2.03. The van der Waals surface area contributed by atoms with Crippen LogP contribution in [0.5, 0.6) is 0 Å². The molecule has 8 heteroatoms. The number of carbonyl (C=O) groups excluding carboxylic acids is 1. The van der Waals surface area contributed by atoms with Crippen LogP contribution in [0, 0.1) is 29.1 Å². The molecule has 0 aromatic heterocycles. The van der Waals surface area contributed by atoms with Gasteiger partial charge in [-0.25, -0.2) is 26.7 Å². The van der Waals surface area contributed by atoms with Crippen LogP contribution in [0.1, 0.15) is 12.5 Å². The molecule has 1 aromatic carbocycles. The summed E-state index contributed by atoms with van der Waals surface area (Å²) in [6.07, 6.45) is 0.220. The van der Waals surface area contributed by atoms with Gasteiger partial charge in [0, 0.05) is 6.92 Å². The molecule has 0 aliphatic rings. The third-order valence-corrected chi connectivity index (χ3v) is 1.61. The fourth-order valence-electron chi connectivity index (χ4n) is 0.889. The second kappa shape index (κ2) is 4.89. The van der Waals surface area contributed by atoms with E-state index in [2.05, 4.69) is 9.99 Å². The second-order valence-electron chi connectivity index (χ2n) is 2.80. The van der Waals surface area contributed by atoms with E-state index in [9.17, 15) is 26.7 Å². The van der Waals surface area contributed by atoms with Crippen LogP contribution in [0.2, 0.25) is 0 Å². The summed E-state index contributed by atoms with van der Waals surface area (Å²) < 4.78 is 63.9. The number of oxime groups is 1. The van der Waals surface area contributed by atoms with Crippen LogP contribution in [0.3, 0.4) is 0 Å². The molecular formula is C9H4F5NO2. The highest BCUT2D eigenvalue weighted by atomic mass is 19.2. The molecule has 92 valence electrons. The Bertz CT molecular complexity index is 472. The minimum Gasteiger partial charge on any atom is -0.319 e. The predicted molar refractivity (Wildman–Crippen MR) is 45.6 cm³/mol. The summed E-state index contributed by atoms with van der Waals surface area (Å²) in [6.45, 7) is 0.940. The Morgan fingerprint density at radius 2 is 1.41 bits per heavy atom. The third kappa shape index (κ3) is 2.58. The van der Waals surface area contributed by atoms with Crippen LogP contribution >= 0.6 is 0 Å². The molecule has 0 fully saturated rings. The van der Waals surface area contributed by atoms with Gasteiger partial charge in [-0.05, 0) is 0 Å². The number of hydrogen-bond donors (Lipinski definition) is 0. The fourth-order valence-corrected chi connectivity index (χ4v) is 0.889. The first-order valence-electron chi connectivity index (χ1n) is 4.08. The normalized spacial score (nSPS) is 10.9. The average molecular weight is 253 g/mol. The van der Waals surface area contributed by atoms with Crippen LogP contribution in [-0.2, 0) is 9.63 Å². The first kappa shape index (κ1) is 13.1. The summed E-state index contributed by atoms with van der Waals surface area (Å²) in [5.74, 6) is -11.5. The first-order valence-corrected chi connectivity index (χ1v) is 4.08. The van der Waals surface area contributed by atoms with Gasteiger partial charge in [0.25, 0.3) is 0 Å². The molecule has 0 saturated carbocycles. The smallest absolute Gasteiger partial charge is 0.319 e. The second-order valence-corrected chi connectivity index (χ2v) is 2.80. The minimum absolute atomic E-state index is 0.220. The van der Waals surface area contributed by atoms with Crippen LogP contribution in [0.4, 0.5) is 22.0 Å². The maximum absolute atomic E-state index is 13.0. The van der Waals surface area contributed by atoms with Crippen molar-refractivity contribution in [1.29, 1.82) is 0 Å². The molecule has 0 heterocycles. The van der Waals surface area contributed by atoms with Crippen LogP contribution < -0.4 is 0 Å². The van der Waals surface area contributed by atoms with Crippen LogP contribution in [0.25, 0.3) is 0 Å². The van der Waals surface area contributed by atoms with E-state index in [0.29, 0.717) is 0 Å². The van der Waals surface area contributed by atoms with E-state index >= 15 is 0 Å². The predicted octanol–water partition coefficient (Wildman–Crippen LogP) is 2.28. The van der Waals surface area contributed by atoms with E-state index in [0.717, 1.165) is 6.92 Å². The first-order chi connectivity index (χ1) is 7.86. The van der Waals surface area contributed by atoms with Gasteiger partial charge >= 0.3 is 5.97 Å². The molecule has 0 amide bonds. The van der Waals surface area contributed by atoms with Gasteiger partial charge in [-0.1, -0.05) is 5.16 Å². The van der Waals surface area contributed by atoms with Crippen molar-refractivity contribution in [3.05, 3.63) is 34.6 Å². The van der Waals surface area contributed by atoms with Crippen molar-refractivity contribution in [1.82, 2.24) is 0 Å². The lowest BCUT2D eigenvalue weighted by atomic mass is 10.2. The molecule has 1 rings (SSSR count). The Morgan fingerprint density at radius 1 is 1.00 bits per heavy atom. The van der Waals surface area contributed by atoms with Gasteiger partial charge in [0.05, 0.1) is 11.8 Å². The molecular weight excluding hydrogens is 249 g/mol. The number of nitrogens with zero attached hydrogens (tertiary/aromatic N) is 1. The Labute approximate surface area is 91.5 Å². The highest BCUT2D eigenvalue weighted by Crippen LogP contribution is 2.21. The van der Waals surface area contributed by atoms with E-state index in [-0.39, 0.29) is 6.21 Å². The van der Waals surface area contributed by atoms with Crippen molar-refractivity contribution in [2.75, 3.05) is 0 Å². The monoisotopic (exact) mass is 253 g/mol. The van der Waals surface area contributed by atoms with Gasteiger partial charge in [-0.2, -0.15) is 0 Å². The molecule has 0 aliphatic carbocycles. The number of carbonyl (C=O) groups is 1. The Kier molecular flexibility index (Phi) is 3.77. The van der Waals surface area contributed by atoms with E-state index in [4.69, 9.17) is 0 Å². The summed E-state index contributed by atoms with van der Waals surface area (Å²) in [7, 11) is 0. The van der Waals surface area contributed by atoms with Crippen molar-refractivity contribution in [3.8, 4) is 0 Å². The molecule has 0 radical (unpaired) electrons. The SMILES string of the molecule is CC(=O)ON=Cc1c(F)c(F)c(F)c(F)c1F. The molecule has 0 bridgehead atoms. The summed E-state index contributed by atoms with van der Waals surface area (Å²) in [6, 6.07) is 0. The Morgan fingerprint density at radius 3 is 1.82 bits per heavy atom. The van der Waals surface area contributed by atoms with E-state index < -0.39 is 40.6 Å². The molecule has 3 nitrogen and oxygen atoms in total. The molecule has 1 aromatic rings. The quantitative estimate of drug-likeness (QED) is 0.202. The number of benzene rings is 1. The van der Waals surface area contributed by atoms with Gasteiger partial charge in [-0.15, -0.1) is 0 Å². The Balaban J connectivity index is 3.25. The van der Waals surface area contributed by atoms with E-state index in [1.54, 1.807) is 0 Å². The molecule has 0 aliphatic heterocycles. The zero-order valence-electron chi connectivity index (χ0n) is 8.23. The summed E-state index contributed by atoms with van der Waals surface area (Å²) >= 11 is 0. The molecule has 0 N–H and O–H groups in total. The van der Waals surface area contributed by atoms with E-state index in [1.165, 1.54) is 0 Å². The minimum atomic E-state index is -2.27. The van der Waals surface area contributed by atoms with E-state index in [1.807, 2.05) is 0 Å². The fraction of sp³-hybridized carbons (Fsp3) is 0.111. The van der Waals surface area contributed by atoms with Gasteiger partial charge in [0.1, 0.15) is 0 Å². The maximum atomic E-state index is 13.0. The molecule has 0 saturated heterocycles. The zero-order valence-corrected chi connectivity index (χ0v) is 8.23. The molecule has 0 unspecified atom stereocenters. The van der Waals surface area contributed by atoms with Gasteiger partial charge in [0.15, 0.2) is 23.3 Å². The summed E-state index contributed by atoms with van der Waals surface area (Å²) in [4.78, 5) is 14.2. The number of rotatable bonds is 2. The van der Waals surface area contributed by atoms with Gasteiger partial charge in [-0.3, -0.25) is 0 Å². The van der Waals surface area contributed by atoms with Crippen molar-refractivity contribution in [2.24, 2.45) is 5.16 Å². The lowest BCUT2D eigenvalue weighted by Crippen LogP contribution is -2.07. The Hall–Kier alpha value is -1.99. The molecule has 0 atom stereocenters. The standard InChI is InChI=1S/C9H4F5NO2/c1-3(16)17-15-2-4-5(10)7(12)9(14)8(13)6(4)11/h2H,1H3. The van der Waals surface area contributed by atoms with Crippen molar-refractivity contribution in [2.45, 2.75) is 6.92 Å². The van der Waals surface area contributed by atoms with Crippen LogP contribution in [0.15, 0.2) is 5.16 Å². The summed E-state index contributed by atoms with van der Waals surface area (Å²) in [5, 5.41) is 2.76. The molecule has 0 spiro atoms. The average Bonchev–Trinajstić information content (AvgIpc) is 2.28. The summed E-state index contributed by atoms with van der Waals surface area (Å²) in [5.41, 5.74) is -1.29. The van der Waals surface area contributed by atoms with Crippen molar-refractivity contribution in [3.63, 3.8) is 0 Å². The lowest BCUT2D eigenvalue weighted by molar-refractivity contribution is -0.140. The number of halogens is 5. The number of hydrogen-bond acceptors (Lipinski definition) is 3. The van der Waals surface area contributed by atoms with Gasteiger partial charge in [0.2, 0.25) is 5.82 Å². The van der Waals surface area contributed by atoms with Gasteiger partial charge < -0.3 is 4.84 Å². The van der Waals surface area contributed by atoms with Crippen molar-refractivity contribution < 1.29 is 31.6 Å². The third-order valence-electron chi connectivity index (χ3n) is 1.61. The largest absolute Gasteiger partial charge is 0.331 e. The zero-order chi connectivity index (χ0) is 13.2. The highest BCUT2D eigenvalue weighted by molar-refractivity contribution is 5.80. The molecule has 17 heavy (non-hydrogen) atoms.